The fourth-order valence-corrected chi connectivity index (χ4v) is 5.90. The van der Waals surface area contributed by atoms with Crippen molar-refractivity contribution >= 4 is 51.0 Å². The number of carbonyl (C=O) groups excluding carboxylic acids is 1. The summed E-state index contributed by atoms with van der Waals surface area (Å²) < 4.78 is 4.33. The Hall–Kier alpha value is -2.36. The van der Waals surface area contributed by atoms with Gasteiger partial charge in [-0.1, -0.05) is 66.0 Å². The van der Waals surface area contributed by atoms with E-state index in [2.05, 4.69) is 38.3 Å². The first-order valence-corrected chi connectivity index (χ1v) is 12.9. The SMILES string of the molecule is O=C(CSc1nnc(CSc2nc3ccccc3s2)n1Cc1ccccc1)NC1CC1. The highest BCUT2D eigenvalue weighted by atomic mass is 32.2. The minimum Gasteiger partial charge on any atom is -0.353 e. The molecule has 1 aliphatic carbocycles. The van der Waals surface area contributed by atoms with E-state index < -0.39 is 0 Å². The van der Waals surface area contributed by atoms with E-state index in [0.29, 0.717) is 24.1 Å². The smallest absolute Gasteiger partial charge is 0.230 e. The standard InChI is InChI=1S/C22H21N5OS3/c28-20(23-16-10-11-16)14-29-21-26-25-19(27(21)12-15-6-2-1-3-7-15)13-30-22-24-17-8-4-5-9-18(17)31-22/h1-9,16H,10-14H2,(H,23,28). The lowest BCUT2D eigenvalue weighted by Gasteiger charge is -2.10. The second-order valence-electron chi connectivity index (χ2n) is 7.34. The third-order valence-corrected chi connectivity index (χ3v) is 7.99. The van der Waals surface area contributed by atoms with E-state index in [0.717, 1.165) is 33.7 Å². The third kappa shape index (κ3) is 5.28. The Labute approximate surface area is 192 Å². The number of para-hydroxylation sites is 1. The predicted octanol–water partition coefficient (Wildman–Crippen LogP) is 4.60. The second-order valence-corrected chi connectivity index (χ2v) is 10.5. The van der Waals surface area contributed by atoms with Gasteiger partial charge in [0.25, 0.3) is 0 Å². The monoisotopic (exact) mass is 467 g/mol. The van der Waals surface area contributed by atoms with Crippen molar-refractivity contribution < 1.29 is 4.79 Å². The highest BCUT2D eigenvalue weighted by Gasteiger charge is 2.23. The van der Waals surface area contributed by atoms with Crippen LogP contribution in [0.25, 0.3) is 10.2 Å². The Morgan fingerprint density at radius 1 is 1.06 bits per heavy atom. The summed E-state index contributed by atoms with van der Waals surface area (Å²) >= 11 is 4.81. The average Bonchev–Trinajstić information content (AvgIpc) is 3.37. The molecule has 0 unspecified atom stereocenters. The van der Waals surface area contributed by atoms with Gasteiger partial charge in [-0.15, -0.1) is 21.5 Å². The molecule has 1 amide bonds. The minimum absolute atomic E-state index is 0.0622. The van der Waals surface area contributed by atoms with Crippen LogP contribution in [0.15, 0.2) is 64.1 Å². The Balaban J connectivity index is 1.32. The van der Waals surface area contributed by atoms with Crippen LogP contribution < -0.4 is 5.32 Å². The molecule has 0 bridgehead atoms. The first-order chi connectivity index (χ1) is 15.2. The molecule has 0 aliphatic heterocycles. The Morgan fingerprint density at radius 3 is 2.68 bits per heavy atom. The van der Waals surface area contributed by atoms with Crippen LogP contribution in [0.2, 0.25) is 0 Å². The van der Waals surface area contributed by atoms with Gasteiger partial charge in [0.15, 0.2) is 9.50 Å². The number of rotatable bonds is 9. The van der Waals surface area contributed by atoms with Crippen molar-refractivity contribution in [2.75, 3.05) is 5.75 Å². The number of thiazole rings is 1. The number of benzene rings is 2. The molecule has 0 spiro atoms. The van der Waals surface area contributed by atoms with Crippen molar-refractivity contribution in [2.45, 2.75) is 40.7 Å². The largest absolute Gasteiger partial charge is 0.353 e. The zero-order valence-electron chi connectivity index (χ0n) is 16.7. The summed E-state index contributed by atoms with van der Waals surface area (Å²) in [5.74, 6) is 1.98. The van der Waals surface area contributed by atoms with Crippen LogP contribution >= 0.6 is 34.9 Å². The molecule has 1 N–H and O–H groups in total. The van der Waals surface area contributed by atoms with E-state index in [1.54, 1.807) is 23.1 Å². The summed E-state index contributed by atoms with van der Waals surface area (Å²) in [6.45, 7) is 0.677. The molecule has 1 fully saturated rings. The minimum atomic E-state index is 0.0622. The zero-order chi connectivity index (χ0) is 21.0. The molecule has 31 heavy (non-hydrogen) atoms. The first-order valence-electron chi connectivity index (χ1n) is 10.1. The van der Waals surface area contributed by atoms with E-state index in [1.807, 2.05) is 36.4 Å². The summed E-state index contributed by atoms with van der Waals surface area (Å²) in [5, 5.41) is 12.7. The van der Waals surface area contributed by atoms with Crippen LogP contribution in [0.3, 0.4) is 0 Å². The van der Waals surface area contributed by atoms with E-state index >= 15 is 0 Å². The van der Waals surface area contributed by atoms with Crippen LogP contribution in [0, 0.1) is 0 Å². The molecule has 4 aromatic rings. The zero-order valence-corrected chi connectivity index (χ0v) is 19.2. The molecule has 1 aliphatic rings. The fraction of sp³-hybridized carbons (Fsp3) is 0.273. The van der Waals surface area contributed by atoms with Crippen LogP contribution in [-0.2, 0) is 17.1 Å². The maximum atomic E-state index is 12.1. The molecular formula is C22H21N5OS3. The lowest BCUT2D eigenvalue weighted by atomic mass is 10.2. The molecule has 1 saturated carbocycles. The molecular weight excluding hydrogens is 446 g/mol. The van der Waals surface area contributed by atoms with E-state index in [1.165, 1.54) is 22.0 Å². The highest BCUT2D eigenvalue weighted by molar-refractivity contribution is 8.00. The Kier molecular flexibility index (Phi) is 6.24. The van der Waals surface area contributed by atoms with Gasteiger partial charge >= 0.3 is 0 Å². The summed E-state index contributed by atoms with van der Waals surface area (Å²) in [5.41, 5.74) is 2.21. The lowest BCUT2D eigenvalue weighted by Crippen LogP contribution is -2.27. The summed E-state index contributed by atoms with van der Waals surface area (Å²) in [4.78, 5) is 16.8. The quantitative estimate of drug-likeness (QED) is 0.363. The van der Waals surface area contributed by atoms with Gasteiger partial charge in [-0.3, -0.25) is 4.79 Å². The molecule has 2 aromatic heterocycles. The summed E-state index contributed by atoms with van der Waals surface area (Å²) in [6, 6.07) is 18.8. The third-order valence-electron chi connectivity index (χ3n) is 4.85. The molecule has 5 rings (SSSR count). The number of nitrogens with one attached hydrogen (secondary N) is 1. The molecule has 6 nitrogen and oxygen atoms in total. The lowest BCUT2D eigenvalue weighted by molar-refractivity contribution is -0.118. The summed E-state index contributed by atoms with van der Waals surface area (Å²) in [7, 11) is 0. The molecule has 0 radical (unpaired) electrons. The second kappa shape index (κ2) is 9.42. The molecule has 9 heteroatoms. The van der Waals surface area contributed by atoms with Crippen LogP contribution in [0.4, 0.5) is 0 Å². The number of nitrogens with zero attached hydrogens (tertiary/aromatic N) is 4. The van der Waals surface area contributed by atoms with Crippen LogP contribution in [0.1, 0.15) is 24.2 Å². The van der Waals surface area contributed by atoms with Gasteiger partial charge in [0.1, 0.15) is 5.82 Å². The van der Waals surface area contributed by atoms with Crippen molar-refractivity contribution in [1.29, 1.82) is 0 Å². The van der Waals surface area contributed by atoms with Crippen molar-refractivity contribution in [1.82, 2.24) is 25.1 Å². The number of fused-ring (bicyclic) bond motifs is 1. The Bertz CT molecular complexity index is 1150. The number of carbonyl (C=O) groups is 1. The summed E-state index contributed by atoms with van der Waals surface area (Å²) in [6.07, 6.45) is 2.18. The van der Waals surface area contributed by atoms with Crippen LogP contribution in [-0.4, -0.2) is 37.5 Å². The number of hydrogen-bond donors (Lipinski definition) is 1. The number of thioether (sulfide) groups is 2. The topological polar surface area (TPSA) is 72.7 Å². The number of hydrogen-bond acceptors (Lipinski definition) is 7. The van der Waals surface area contributed by atoms with E-state index in [-0.39, 0.29) is 5.91 Å². The van der Waals surface area contributed by atoms with E-state index in [9.17, 15) is 4.79 Å². The van der Waals surface area contributed by atoms with Crippen molar-refractivity contribution in [3.8, 4) is 0 Å². The van der Waals surface area contributed by atoms with Gasteiger partial charge in [-0.25, -0.2) is 4.98 Å². The van der Waals surface area contributed by atoms with Gasteiger partial charge < -0.3 is 9.88 Å². The van der Waals surface area contributed by atoms with Gasteiger partial charge in [0.2, 0.25) is 5.91 Å². The molecule has 2 heterocycles. The first kappa shape index (κ1) is 20.5. The van der Waals surface area contributed by atoms with Gasteiger partial charge in [-0.05, 0) is 30.5 Å². The van der Waals surface area contributed by atoms with Crippen molar-refractivity contribution in [2.24, 2.45) is 0 Å². The maximum absolute atomic E-state index is 12.1. The van der Waals surface area contributed by atoms with Gasteiger partial charge in [-0.2, -0.15) is 0 Å². The molecule has 0 saturated heterocycles. The highest BCUT2D eigenvalue weighted by Crippen LogP contribution is 2.32. The molecule has 2 aromatic carbocycles. The predicted molar refractivity (Wildman–Crippen MR) is 127 cm³/mol. The molecule has 158 valence electrons. The van der Waals surface area contributed by atoms with Gasteiger partial charge in [0, 0.05) is 6.04 Å². The van der Waals surface area contributed by atoms with Crippen molar-refractivity contribution in [3.63, 3.8) is 0 Å². The molecule has 0 atom stereocenters. The number of aromatic nitrogens is 4. The van der Waals surface area contributed by atoms with Crippen LogP contribution in [0.5, 0.6) is 0 Å². The van der Waals surface area contributed by atoms with E-state index in [4.69, 9.17) is 4.98 Å². The fourth-order valence-electron chi connectivity index (χ4n) is 3.12. The average molecular weight is 468 g/mol. The normalized spacial score (nSPS) is 13.5. The number of amides is 1. The Morgan fingerprint density at radius 2 is 1.87 bits per heavy atom. The van der Waals surface area contributed by atoms with Gasteiger partial charge in [0.05, 0.1) is 28.3 Å². The van der Waals surface area contributed by atoms with Crippen molar-refractivity contribution in [3.05, 3.63) is 66.0 Å². The maximum Gasteiger partial charge on any atom is 0.230 e.